The number of hydrogen-bond acceptors (Lipinski definition) is 2. The van der Waals surface area contributed by atoms with E-state index < -0.39 is 0 Å². The molecule has 0 aromatic rings. The van der Waals surface area contributed by atoms with Gasteiger partial charge in [0.05, 0.1) is 6.42 Å². The zero-order valence-electron chi connectivity index (χ0n) is 9.88. The van der Waals surface area contributed by atoms with Gasteiger partial charge in [-0.2, -0.15) is 0 Å². The molecule has 0 saturated heterocycles. The van der Waals surface area contributed by atoms with Crippen molar-refractivity contribution in [1.82, 2.24) is 0 Å². The molecule has 0 unspecified atom stereocenters. The number of hydrogen-bond donors (Lipinski definition) is 0. The lowest BCUT2D eigenvalue weighted by Crippen LogP contribution is -2.03. The van der Waals surface area contributed by atoms with Crippen molar-refractivity contribution in [3.05, 3.63) is 0 Å². The Morgan fingerprint density at radius 3 is 2.00 bits per heavy atom. The molecule has 90 valence electrons. The summed E-state index contributed by atoms with van der Waals surface area (Å²) >= 11 is 0. The second-order valence-corrected chi connectivity index (χ2v) is 3.94. The summed E-state index contributed by atoms with van der Waals surface area (Å²) < 4.78 is 0. The average molecular weight is 235 g/mol. The molecule has 0 aromatic carbocycles. The molecule has 0 N–H and O–H groups in total. The Kier molecular flexibility index (Phi) is 13.3. The zero-order chi connectivity index (χ0) is 10.8. The van der Waals surface area contributed by atoms with Crippen molar-refractivity contribution in [2.24, 2.45) is 0 Å². The first-order valence-corrected chi connectivity index (χ1v) is 5.68. The van der Waals surface area contributed by atoms with Crippen LogP contribution in [0.2, 0.25) is 0 Å². The number of carbonyl (C=O) groups excluding carboxylic acids is 2. The average Bonchev–Trinajstić information content (AvgIpc) is 2.10. The van der Waals surface area contributed by atoms with Gasteiger partial charge in [-0.15, -0.1) is 12.4 Å². The van der Waals surface area contributed by atoms with Crippen LogP contribution in [0.15, 0.2) is 0 Å². The Labute approximate surface area is 99.2 Å². The maximum Gasteiger partial charge on any atom is 0.140 e. The van der Waals surface area contributed by atoms with Crippen molar-refractivity contribution in [2.75, 3.05) is 0 Å². The number of ketones is 2. The molecule has 0 bridgehead atoms. The summed E-state index contributed by atoms with van der Waals surface area (Å²) in [7, 11) is 0. The largest absolute Gasteiger partial charge is 0.300 e. The first-order valence-electron chi connectivity index (χ1n) is 5.68. The Morgan fingerprint density at radius 2 is 1.47 bits per heavy atom. The molecule has 0 aromatic heterocycles. The highest BCUT2D eigenvalue weighted by Gasteiger charge is 2.04. The summed E-state index contributed by atoms with van der Waals surface area (Å²) in [4.78, 5) is 21.7. The van der Waals surface area contributed by atoms with Crippen LogP contribution in [0, 0.1) is 0 Å². The molecule has 0 aliphatic rings. The van der Waals surface area contributed by atoms with Crippen LogP contribution in [0.4, 0.5) is 0 Å². The highest BCUT2D eigenvalue weighted by atomic mass is 35.5. The van der Waals surface area contributed by atoms with Crippen molar-refractivity contribution in [1.29, 1.82) is 0 Å². The third-order valence-corrected chi connectivity index (χ3v) is 2.26. The van der Waals surface area contributed by atoms with Crippen LogP contribution in [-0.4, -0.2) is 11.6 Å². The third kappa shape index (κ3) is 13.6. The van der Waals surface area contributed by atoms with Crippen LogP contribution in [0.3, 0.4) is 0 Å². The Balaban J connectivity index is 0. The number of rotatable bonds is 9. The molecule has 0 spiro atoms. The molecular weight excluding hydrogens is 212 g/mol. The monoisotopic (exact) mass is 234 g/mol. The molecular formula is C12H23ClO2. The van der Waals surface area contributed by atoms with Gasteiger partial charge in [0.2, 0.25) is 0 Å². The minimum Gasteiger partial charge on any atom is -0.300 e. The summed E-state index contributed by atoms with van der Waals surface area (Å²) in [5.74, 6) is 0.0916. The lowest BCUT2D eigenvalue weighted by molar-refractivity contribution is -0.125. The highest BCUT2D eigenvalue weighted by molar-refractivity contribution is 5.97. The summed E-state index contributed by atoms with van der Waals surface area (Å²) in [5.41, 5.74) is 0. The van der Waals surface area contributed by atoms with E-state index in [-0.39, 0.29) is 30.4 Å². The molecule has 0 heterocycles. The van der Waals surface area contributed by atoms with Crippen LogP contribution < -0.4 is 0 Å². The predicted molar refractivity (Wildman–Crippen MR) is 65.5 cm³/mol. The van der Waals surface area contributed by atoms with Gasteiger partial charge in [0.15, 0.2) is 0 Å². The third-order valence-electron chi connectivity index (χ3n) is 2.26. The predicted octanol–water partition coefficient (Wildman–Crippen LogP) is 3.71. The minimum absolute atomic E-state index is 0. The number of carbonyl (C=O) groups is 2. The summed E-state index contributed by atoms with van der Waals surface area (Å²) in [5, 5.41) is 0. The Morgan fingerprint density at radius 1 is 0.933 bits per heavy atom. The highest BCUT2D eigenvalue weighted by Crippen LogP contribution is 2.07. The molecule has 0 radical (unpaired) electrons. The van der Waals surface area contributed by atoms with E-state index in [1.807, 2.05) is 0 Å². The molecule has 15 heavy (non-hydrogen) atoms. The van der Waals surface area contributed by atoms with E-state index in [4.69, 9.17) is 0 Å². The van der Waals surface area contributed by atoms with E-state index in [9.17, 15) is 9.59 Å². The van der Waals surface area contributed by atoms with Crippen molar-refractivity contribution >= 4 is 24.0 Å². The fourth-order valence-electron chi connectivity index (χ4n) is 1.47. The van der Waals surface area contributed by atoms with Crippen LogP contribution in [0.25, 0.3) is 0 Å². The van der Waals surface area contributed by atoms with Crippen molar-refractivity contribution in [2.45, 2.75) is 65.2 Å². The smallest absolute Gasteiger partial charge is 0.140 e. The van der Waals surface area contributed by atoms with Gasteiger partial charge < -0.3 is 0 Å². The molecule has 0 atom stereocenters. The van der Waals surface area contributed by atoms with E-state index >= 15 is 0 Å². The second-order valence-electron chi connectivity index (χ2n) is 3.94. The molecule has 0 saturated carbocycles. The topological polar surface area (TPSA) is 34.1 Å². The molecule has 0 fully saturated rings. The van der Waals surface area contributed by atoms with Crippen LogP contribution in [0.5, 0.6) is 0 Å². The number of halogens is 1. The standard InChI is InChI=1S/C12H22O2.ClH/c1-3-4-5-6-7-8-9-12(14)10-11(2)13;/h3-10H2,1-2H3;1H. The van der Waals surface area contributed by atoms with Crippen LogP contribution in [-0.2, 0) is 9.59 Å². The van der Waals surface area contributed by atoms with Gasteiger partial charge in [0.1, 0.15) is 11.6 Å². The van der Waals surface area contributed by atoms with Crippen molar-refractivity contribution < 1.29 is 9.59 Å². The first-order chi connectivity index (χ1) is 6.66. The Hall–Kier alpha value is -0.370. The first kappa shape index (κ1) is 17.0. The van der Waals surface area contributed by atoms with E-state index in [1.54, 1.807) is 0 Å². The maximum atomic E-state index is 11.1. The lowest BCUT2D eigenvalue weighted by atomic mass is 10.1. The van der Waals surface area contributed by atoms with E-state index in [0.29, 0.717) is 6.42 Å². The molecule has 3 heteroatoms. The van der Waals surface area contributed by atoms with Gasteiger partial charge in [-0.1, -0.05) is 39.0 Å². The molecule has 0 amide bonds. The normalized spacial score (nSPS) is 9.47. The lowest BCUT2D eigenvalue weighted by Gasteiger charge is -1.99. The van der Waals surface area contributed by atoms with Gasteiger partial charge >= 0.3 is 0 Å². The molecule has 0 aliphatic carbocycles. The number of Topliss-reactive ketones (excluding diaryl/α,β-unsaturated/α-hetero) is 2. The van der Waals surface area contributed by atoms with Crippen molar-refractivity contribution in [3.8, 4) is 0 Å². The molecule has 0 rings (SSSR count). The SMILES string of the molecule is CCCCCCCCC(=O)CC(C)=O.Cl. The molecule has 0 aliphatic heterocycles. The van der Waals surface area contributed by atoms with Gasteiger partial charge in [-0.3, -0.25) is 9.59 Å². The zero-order valence-corrected chi connectivity index (χ0v) is 10.7. The van der Waals surface area contributed by atoms with E-state index in [0.717, 1.165) is 12.8 Å². The van der Waals surface area contributed by atoms with Crippen LogP contribution in [0.1, 0.15) is 65.2 Å². The maximum absolute atomic E-state index is 11.1. The van der Waals surface area contributed by atoms with Gasteiger partial charge in [-0.05, 0) is 13.3 Å². The van der Waals surface area contributed by atoms with Gasteiger partial charge in [0, 0.05) is 6.42 Å². The molecule has 2 nitrogen and oxygen atoms in total. The summed E-state index contributed by atoms with van der Waals surface area (Å²) in [6.07, 6.45) is 7.85. The minimum atomic E-state index is -0.0130. The van der Waals surface area contributed by atoms with E-state index in [2.05, 4.69) is 6.92 Å². The summed E-state index contributed by atoms with van der Waals surface area (Å²) in [6, 6.07) is 0. The quantitative estimate of drug-likeness (QED) is 0.450. The van der Waals surface area contributed by atoms with E-state index in [1.165, 1.54) is 32.6 Å². The van der Waals surface area contributed by atoms with Crippen molar-refractivity contribution in [3.63, 3.8) is 0 Å². The fourth-order valence-corrected chi connectivity index (χ4v) is 1.47. The van der Waals surface area contributed by atoms with Gasteiger partial charge in [0.25, 0.3) is 0 Å². The number of unbranched alkanes of at least 4 members (excludes halogenated alkanes) is 5. The fraction of sp³-hybridized carbons (Fsp3) is 0.833. The van der Waals surface area contributed by atoms with Crippen LogP contribution >= 0.6 is 12.4 Å². The summed E-state index contributed by atoms with van der Waals surface area (Å²) in [6.45, 7) is 3.66. The van der Waals surface area contributed by atoms with Gasteiger partial charge in [-0.25, -0.2) is 0 Å². The Bertz CT molecular complexity index is 178. The second kappa shape index (κ2) is 11.7.